The fourth-order valence-corrected chi connectivity index (χ4v) is 1.63. The standard InChI is InChI=1S/C13H11N3O2/c14-16-10-7-4-8-11(17)12(10)15-13(18)9-5-2-1-3-6-9/h1-8,12,17H,(H,15,18). The molecule has 5 heteroatoms. The lowest BCUT2D eigenvalue weighted by molar-refractivity contribution is -0.00893. The maximum absolute atomic E-state index is 11.9. The summed E-state index contributed by atoms with van der Waals surface area (Å²) in [5.74, 6) is -0.424. The highest BCUT2D eigenvalue weighted by molar-refractivity contribution is 6.03. The number of carbonyl (C=O) groups excluding carboxylic acids is 1. The topological polar surface area (TPSA) is 85.7 Å². The Labute approximate surface area is 104 Å². The minimum Gasteiger partial charge on any atom is -0.509 e. The van der Waals surface area contributed by atoms with Crippen molar-refractivity contribution in [1.82, 2.24) is 5.32 Å². The second-order valence-corrected chi connectivity index (χ2v) is 3.75. The summed E-state index contributed by atoms with van der Waals surface area (Å²) in [6.07, 6.45) is 4.48. The van der Waals surface area contributed by atoms with Crippen molar-refractivity contribution < 1.29 is 14.7 Å². The summed E-state index contributed by atoms with van der Waals surface area (Å²) in [5, 5.41) is 12.3. The quantitative estimate of drug-likeness (QED) is 0.606. The lowest BCUT2D eigenvalue weighted by Gasteiger charge is -2.15. The molecule has 1 aromatic rings. The SMILES string of the molecule is [N-]=[N+]=C1C=CC=C(O)C1NC(=O)c1ccccc1. The third kappa shape index (κ3) is 2.36. The molecule has 0 aliphatic heterocycles. The van der Waals surface area contributed by atoms with Crippen molar-refractivity contribution in [2.75, 3.05) is 0 Å². The normalized spacial score (nSPS) is 17.9. The minimum absolute atomic E-state index is 0.0745. The van der Waals surface area contributed by atoms with Crippen molar-refractivity contribution in [2.45, 2.75) is 6.04 Å². The monoisotopic (exact) mass is 241 g/mol. The smallest absolute Gasteiger partial charge is 0.321 e. The summed E-state index contributed by atoms with van der Waals surface area (Å²) in [5.41, 5.74) is 9.46. The predicted octanol–water partition coefficient (Wildman–Crippen LogP) is 1.47. The number of hydrogen-bond donors (Lipinski definition) is 2. The van der Waals surface area contributed by atoms with Crippen LogP contribution in [0.3, 0.4) is 0 Å². The summed E-state index contributed by atoms with van der Waals surface area (Å²) >= 11 is 0. The highest BCUT2D eigenvalue weighted by atomic mass is 16.3. The Kier molecular flexibility index (Phi) is 3.36. The number of aliphatic hydroxyl groups excluding tert-OH is 1. The van der Waals surface area contributed by atoms with Crippen LogP contribution in [0.25, 0.3) is 5.53 Å². The maximum Gasteiger partial charge on any atom is 0.321 e. The lowest BCUT2D eigenvalue weighted by atomic mass is 10.0. The molecule has 1 aliphatic rings. The van der Waals surface area contributed by atoms with Crippen molar-refractivity contribution in [1.29, 1.82) is 0 Å². The van der Waals surface area contributed by atoms with Gasteiger partial charge in [0, 0.05) is 11.6 Å². The van der Waals surface area contributed by atoms with E-state index in [-0.39, 0.29) is 17.4 Å². The third-order valence-electron chi connectivity index (χ3n) is 2.55. The van der Waals surface area contributed by atoms with Gasteiger partial charge in [-0.1, -0.05) is 24.3 Å². The molecule has 2 N–H and O–H groups in total. The zero-order chi connectivity index (χ0) is 13.0. The molecular formula is C13H11N3O2. The van der Waals surface area contributed by atoms with Gasteiger partial charge >= 0.3 is 5.71 Å². The fraction of sp³-hybridized carbons (Fsp3) is 0.0769. The van der Waals surface area contributed by atoms with Gasteiger partial charge in [0.25, 0.3) is 5.91 Å². The predicted molar refractivity (Wildman–Crippen MR) is 66.2 cm³/mol. The van der Waals surface area contributed by atoms with Crippen molar-refractivity contribution in [3.63, 3.8) is 0 Å². The van der Waals surface area contributed by atoms with Gasteiger partial charge in [0.15, 0.2) is 6.04 Å². The van der Waals surface area contributed by atoms with E-state index < -0.39 is 6.04 Å². The van der Waals surface area contributed by atoms with E-state index >= 15 is 0 Å². The van der Waals surface area contributed by atoms with E-state index in [9.17, 15) is 9.90 Å². The first-order valence-electron chi connectivity index (χ1n) is 5.37. The molecular weight excluding hydrogens is 230 g/mol. The van der Waals surface area contributed by atoms with Crippen molar-refractivity contribution in [2.24, 2.45) is 0 Å². The largest absolute Gasteiger partial charge is 0.509 e. The molecule has 0 bridgehead atoms. The van der Waals surface area contributed by atoms with E-state index in [1.54, 1.807) is 30.3 Å². The Morgan fingerprint density at radius 3 is 2.72 bits per heavy atom. The van der Waals surface area contributed by atoms with Crippen molar-refractivity contribution in [3.8, 4) is 0 Å². The molecule has 0 radical (unpaired) electrons. The number of aliphatic hydroxyl groups is 1. The molecule has 0 saturated carbocycles. The van der Waals surface area contributed by atoms with Gasteiger partial charge < -0.3 is 16.0 Å². The Balaban J connectivity index is 2.19. The van der Waals surface area contributed by atoms with E-state index in [2.05, 4.69) is 10.1 Å². The summed E-state index contributed by atoms with van der Waals surface area (Å²) < 4.78 is 0. The zero-order valence-electron chi connectivity index (χ0n) is 9.45. The van der Waals surface area contributed by atoms with Crippen LogP contribution in [0.15, 0.2) is 54.3 Å². The summed E-state index contributed by atoms with van der Waals surface area (Å²) in [7, 11) is 0. The highest BCUT2D eigenvalue weighted by Crippen LogP contribution is 2.08. The van der Waals surface area contributed by atoms with E-state index in [4.69, 9.17) is 5.53 Å². The van der Waals surface area contributed by atoms with E-state index in [0.29, 0.717) is 5.56 Å². The van der Waals surface area contributed by atoms with Crippen LogP contribution in [0.4, 0.5) is 0 Å². The Morgan fingerprint density at radius 2 is 2.06 bits per heavy atom. The maximum atomic E-state index is 11.9. The molecule has 1 amide bonds. The molecule has 0 heterocycles. The van der Waals surface area contributed by atoms with Gasteiger partial charge in [0.05, 0.1) is 0 Å². The number of hydrogen-bond acceptors (Lipinski definition) is 2. The van der Waals surface area contributed by atoms with Gasteiger partial charge in [-0.3, -0.25) is 4.79 Å². The average molecular weight is 241 g/mol. The summed E-state index contributed by atoms with van der Waals surface area (Å²) in [4.78, 5) is 15.0. The van der Waals surface area contributed by atoms with Gasteiger partial charge in [-0.05, 0) is 18.2 Å². The zero-order valence-corrected chi connectivity index (χ0v) is 9.45. The Hall–Kier alpha value is -2.65. The molecule has 18 heavy (non-hydrogen) atoms. The molecule has 5 nitrogen and oxygen atoms in total. The van der Waals surface area contributed by atoms with Crippen LogP contribution in [0.1, 0.15) is 10.4 Å². The van der Waals surface area contributed by atoms with Crippen LogP contribution in [-0.4, -0.2) is 27.6 Å². The molecule has 1 aromatic carbocycles. The Morgan fingerprint density at radius 1 is 1.33 bits per heavy atom. The molecule has 1 unspecified atom stereocenters. The fourth-order valence-electron chi connectivity index (χ4n) is 1.63. The molecule has 0 aromatic heterocycles. The molecule has 0 spiro atoms. The molecule has 0 saturated heterocycles. The third-order valence-corrected chi connectivity index (χ3v) is 2.55. The van der Waals surface area contributed by atoms with Crippen LogP contribution < -0.4 is 5.32 Å². The number of amides is 1. The van der Waals surface area contributed by atoms with Crippen molar-refractivity contribution >= 4 is 11.6 Å². The number of nitrogens with one attached hydrogen (secondary N) is 1. The van der Waals surface area contributed by atoms with Crippen LogP contribution in [0.2, 0.25) is 0 Å². The number of nitrogens with zero attached hydrogens (tertiary/aromatic N) is 2. The molecule has 0 fully saturated rings. The molecule has 90 valence electrons. The average Bonchev–Trinajstić information content (AvgIpc) is 2.42. The first-order chi connectivity index (χ1) is 8.72. The summed E-state index contributed by atoms with van der Waals surface area (Å²) in [6, 6.07) is 7.78. The van der Waals surface area contributed by atoms with Crippen molar-refractivity contribution in [3.05, 3.63) is 65.4 Å². The second-order valence-electron chi connectivity index (χ2n) is 3.75. The van der Waals surface area contributed by atoms with Gasteiger partial charge in [0.2, 0.25) is 0 Å². The minimum atomic E-state index is -0.826. The van der Waals surface area contributed by atoms with E-state index in [1.165, 1.54) is 18.2 Å². The number of allylic oxidation sites excluding steroid dienone is 2. The second kappa shape index (κ2) is 5.12. The van der Waals surface area contributed by atoms with Gasteiger partial charge in [0.1, 0.15) is 5.76 Å². The highest BCUT2D eigenvalue weighted by Gasteiger charge is 2.29. The first kappa shape index (κ1) is 11.8. The van der Waals surface area contributed by atoms with E-state index in [1.807, 2.05) is 0 Å². The number of benzene rings is 1. The lowest BCUT2D eigenvalue weighted by Crippen LogP contribution is -2.42. The van der Waals surface area contributed by atoms with Gasteiger partial charge in [-0.25, -0.2) is 0 Å². The Bertz CT molecular complexity index is 569. The molecule has 1 aliphatic carbocycles. The van der Waals surface area contributed by atoms with Crippen LogP contribution >= 0.6 is 0 Å². The summed E-state index contributed by atoms with van der Waals surface area (Å²) in [6.45, 7) is 0. The number of carbonyl (C=O) groups is 1. The number of rotatable bonds is 2. The van der Waals surface area contributed by atoms with Crippen LogP contribution in [-0.2, 0) is 0 Å². The van der Waals surface area contributed by atoms with Crippen LogP contribution in [0, 0.1) is 0 Å². The van der Waals surface area contributed by atoms with Gasteiger partial charge in [-0.15, -0.1) is 0 Å². The van der Waals surface area contributed by atoms with E-state index in [0.717, 1.165) is 0 Å². The van der Waals surface area contributed by atoms with Gasteiger partial charge in [-0.2, -0.15) is 4.79 Å². The first-order valence-corrected chi connectivity index (χ1v) is 5.37. The molecule has 2 rings (SSSR count). The molecule has 1 atom stereocenters. The van der Waals surface area contributed by atoms with Crippen LogP contribution in [0.5, 0.6) is 0 Å².